The highest BCUT2D eigenvalue weighted by Crippen LogP contribution is 2.00. The molecule has 28 heavy (non-hydrogen) atoms. The van der Waals surface area contributed by atoms with Crippen molar-refractivity contribution >= 4 is 23.9 Å². The zero-order valence-corrected chi connectivity index (χ0v) is 15.6. The minimum atomic E-state index is -0.736. The first-order valence-electron chi connectivity index (χ1n) is 8.55. The van der Waals surface area contributed by atoms with Gasteiger partial charge in [0.05, 0.1) is 32.5 Å². The highest BCUT2D eigenvalue weighted by atomic mass is 16.6. The first kappa shape index (κ1) is 25.3. The molecule has 0 aliphatic carbocycles. The maximum Gasteiger partial charge on any atom is 0.344 e. The molecule has 0 aromatic carbocycles. The van der Waals surface area contributed by atoms with Crippen molar-refractivity contribution in [3.05, 3.63) is 25.3 Å². The second-order valence-corrected chi connectivity index (χ2v) is 5.19. The first-order valence-corrected chi connectivity index (χ1v) is 8.55. The van der Waals surface area contributed by atoms with Crippen LogP contribution in [0.3, 0.4) is 0 Å². The van der Waals surface area contributed by atoms with Crippen LogP contribution in [0.1, 0.15) is 19.3 Å². The van der Waals surface area contributed by atoms with Gasteiger partial charge in [-0.1, -0.05) is 13.2 Å². The van der Waals surface area contributed by atoms with Crippen LogP contribution in [0.25, 0.3) is 0 Å². The molecule has 0 spiro atoms. The zero-order chi connectivity index (χ0) is 21.2. The van der Waals surface area contributed by atoms with Crippen molar-refractivity contribution in [3.8, 4) is 0 Å². The standard InChI is InChI=1S/C18H26O10/c1-3-15(20)25-8-5-6-17(22)27-11-10-24-14(12-19)7-9-26-18(23)13-28-16(21)4-2/h3-4,14,19H,1-2,5-13H2. The SMILES string of the molecule is C=CC(=O)OCCCC(=O)OCCOC(CO)CCOC(=O)COC(=O)C=C. The summed E-state index contributed by atoms with van der Waals surface area (Å²) in [6.45, 7) is 5.67. The minimum Gasteiger partial charge on any atom is -0.463 e. The fraction of sp³-hybridized carbons (Fsp3) is 0.556. The molecule has 0 aromatic rings. The summed E-state index contributed by atoms with van der Waals surface area (Å²) in [6, 6.07) is 0. The number of aliphatic hydroxyl groups is 1. The van der Waals surface area contributed by atoms with E-state index in [0.29, 0.717) is 6.42 Å². The molecule has 10 nitrogen and oxygen atoms in total. The van der Waals surface area contributed by atoms with Gasteiger partial charge in [-0.2, -0.15) is 0 Å². The summed E-state index contributed by atoms with van der Waals surface area (Å²) in [5.41, 5.74) is 0. The fourth-order valence-corrected chi connectivity index (χ4v) is 1.65. The van der Waals surface area contributed by atoms with Crippen LogP contribution >= 0.6 is 0 Å². The number of carbonyl (C=O) groups is 4. The highest BCUT2D eigenvalue weighted by molar-refractivity contribution is 5.83. The van der Waals surface area contributed by atoms with Crippen LogP contribution in [0.5, 0.6) is 0 Å². The van der Waals surface area contributed by atoms with Crippen molar-refractivity contribution in [2.75, 3.05) is 39.6 Å². The molecular formula is C18H26O10. The van der Waals surface area contributed by atoms with Gasteiger partial charge in [0.25, 0.3) is 0 Å². The number of carbonyl (C=O) groups excluding carboxylic acids is 4. The van der Waals surface area contributed by atoms with Crippen LogP contribution in [0, 0.1) is 0 Å². The van der Waals surface area contributed by atoms with Crippen molar-refractivity contribution in [1.29, 1.82) is 0 Å². The predicted octanol–water partition coefficient (Wildman–Crippen LogP) is 0.0790. The van der Waals surface area contributed by atoms with Crippen molar-refractivity contribution < 1.29 is 48.0 Å². The lowest BCUT2D eigenvalue weighted by Gasteiger charge is -2.15. The molecule has 0 saturated carbocycles. The van der Waals surface area contributed by atoms with Crippen LogP contribution < -0.4 is 0 Å². The number of aliphatic hydroxyl groups excluding tert-OH is 1. The second kappa shape index (κ2) is 16.5. The van der Waals surface area contributed by atoms with Crippen LogP contribution in [0.4, 0.5) is 0 Å². The number of esters is 4. The Kier molecular flexibility index (Phi) is 14.9. The van der Waals surface area contributed by atoms with E-state index >= 15 is 0 Å². The van der Waals surface area contributed by atoms with E-state index in [1.807, 2.05) is 0 Å². The fourth-order valence-electron chi connectivity index (χ4n) is 1.65. The van der Waals surface area contributed by atoms with Gasteiger partial charge in [-0.15, -0.1) is 0 Å². The lowest BCUT2D eigenvalue weighted by molar-refractivity contribution is -0.157. The van der Waals surface area contributed by atoms with Gasteiger partial charge in [-0.25, -0.2) is 14.4 Å². The third-order valence-electron chi connectivity index (χ3n) is 3.04. The van der Waals surface area contributed by atoms with E-state index in [-0.39, 0.29) is 45.9 Å². The molecule has 10 heteroatoms. The molecule has 0 aliphatic heterocycles. The molecule has 0 aliphatic rings. The van der Waals surface area contributed by atoms with E-state index in [4.69, 9.17) is 18.9 Å². The number of ether oxygens (including phenoxy) is 5. The Labute approximate surface area is 163 Å². The average molecular weight is 402 g/mol. The largest absolute Gasteiger partial charge is 0.463 e. The number of hydrogen-bond acceptors (Lipinski definition) is 10. The first-order chi connectivity index (χ1) is 13.4. The van der Waals surface area contributed by atoms with Crippen LogP contribution in [-0.2, 0) is 42.9 Å². The monoisotopic (exact) mass is 402 g/mol. The van der Waals surface area contributed by atoms with Crippen molar-refractivity contribution in [3.63, 3.8) is 0 Å². The zero-order valence-electron chi connectivity index (χ0n) is 15.6. The molecule has 0 bridgehead atoms. The molecule has 0 fully saturated rings. The van der Waals surface area contributed by atoms with Crippen molar-refractivity contribution in [2.45, 2.75) is 25.4 Å². The molecule has 0 radical (unpaired) electrons. The third kappa shape index (κ3) is 14.4. The van der Waals surface area contributed by atoms with Crippen LogP contribution in [0.2, 0.25) is 0 Å². The van der Waals surface area contributed by atoms with Gasteiger partial charge in [0.2, 0.25) is 0 Å². The van der Waals surface area contributed by atoms with Gasteiger partial charge >= 0.3 is 23.9 Å². The molecular weight excluding hydrogens is 376 g/mol. The molecule has 1 N–H and O–H groups in total. The second-order valence-electron chi connectivity index (χ2n) is 5.19. The summed E-state index contributed by atoms with van der Waals surface area (Å²) in [7, 11) is 0. The highest BCUT2D eigenvalue weighted by Gasteiger charge is 2.12. The summed E-state index contributed by atoms with van der Waals surface area (Å²) in [5.74, 6) is -2.50. The third-order valence-corrected chi connectivity index (χ3v) is 3.04. The molecule has 158 valence electrons. The van der Waals surface area contributed by atoms with Gasteiger partial charge in [0, 0.05) is 25.0 Å². The van der Waals surface area contributed by atoms with Crippen LogP contribution in [0.15, 0.2) is 25.3 Å². The normalized spacial score (nSPS) is 11.0. The molecule has 1 atom stereocenters. The van der Waals surface area contributed by atoms with Gasteiger partial charge < -0.3 is 28.8 Å². The Hall–Kier alpha value is -2.72. The average Bonchev–Trinajstić information content (AvgIpc) is 2.70. The number of hydrogen-bond donors (Lipinski definition) is 1. The molecule has 0 heterocycles. The van der Waals surface area contributed by atoms with Crippen molar-refractivity contribution in [2.24, 2.45) is 0 Å². The van der Waals surface area contributed by atoms with E-state index in [0.717, 1.165) is 12.2 Å². The molecule has 0 saturated heterocycles. The van der Waals surface area contributed by atoms with Gasteiger partial charge in [-0.3, -0.25) is 4.79 Å². The smallest absolute Gasteiger partial charge is 0.344 e. The van der Waals surface area contributed by atoms with E-state index < -0.39 is 36.6 Å². The Balaban J connectivity index is 3.74. The van der Waals surface area contributed by atoms with Crippen LogP contribution in [-0.4, -0.2) is 74.7 Å². The summed E-state index contributed by atoms with van der Waals surface area (Å²) >= 11 is 0. The van der Waals surface area contributed by atoms with E-state index in [1.165, 1.54) is 0 Å². The topological polar surface area (TPSA) is 135 Å². The summed E-state index contributed by atoms with van der Waals surface area (Å²) in [6.07, 6.45) is 1.96. The molecule has 0 rings (SSSR count). The molecule has 1 unspecified atom stereocenters. The van der Waals surface area contributed by atoms with Gasteiger partial charge in [0.1, 0.15) is 6.61 Å². The van der Waals surface area contributed by atoms with E-state index in [9.17, 15) is 24.3 Å². The van der Waals surface area contributed by atoms with E-state index in [2.05, 4.69) is 17.9 Å². The predicted molar refractivity (Wildman–Crippen MR) is 94.9 cm³/mol. The molecule has 0 aromatic heterocycles. The maximum atomic E-state index is 11.5. The van der Waals surface area contributed by atoms with Gasteiger partial charge in [0.15, 0.2) is 6.61 Å². The minimum absolute atomic E-state index is 0.0148. The summed E-state index contributed by atoms with van der Waals surface area (Å²) < 4.78 is 24.3. The van der Waals surface area contributed by atoms with Crippen molar-refractivity contribution in [1.82, 2.24) is 0 Å². The molecule has 0 amide bonds. The lowest BCUT2D eigenvalue weighted by Crippen LogP contribution is -2.24. The van der Waals surface area contributed by atoms with Gasteiger partial charge in [-0.05, 0) is 6.42 Å². The lowest BCUT2D eigenvalue weighted by atomic mass is 10.3. The summed E-state index contributed by atoms with van der Waals surface area (Å²) in [4.78, 5) is 44.4. The Morgan fingerprint density at radius 2 is 1.46 bits per heavy atom. The van der Waals surface area contributed by atoms with E-state index in [1.54, 1.807) is 0 Å². The summed E-state index contributed by atoms with van der Waals surface area (Å²) in [5, 5.41) is 9.21. The number of rotatable bonds is 16. The Morgan fingerprint density at radius 3 is 2.11 bits per heavy atom. The quantitative estimate of drug-likeness (QED) is 0.164. The Morgan fingerprint density at radius 1 is 0.821 bits per heavy atom. The maximum absolute atomic E-state index is 11.5. The Bertz CT molecular complexity index is 528.